The van der Waals surface area contributed by atoms with Crippen molar-refractivity contribution in [3.05, 3.63) is 93.3 Å². The van der Waals surface area contributed by atoms with Crippen LogP contribution in [0, 0.1) is 0 Å². The second kappa shape index (κ2) is 8.02. The molecule has 10 heteroatoms. The van der Waals surface area contributed by atoms with Crippen LogP contribution in [-0.4, -0.2) is 30.0 Å². The van der Waals surface area contributed by atoms with Crippen LogP contribution >= 0.6 is 23.4 Å². The number of hydrogen-bond acceptors (Lipinski definition) is 8. The zero-order valence-electron chi connectivity index (χ0n) is 19.9. The van der Waals surface area contributed by atoms with Gasteiger partial charge in [-0.3, -0.25) is 9.59 Å². The fraction of sp³-hybridized carbons (Fsp3) is 0.179. The zero-order chi connectivity index (χ0) is 26.2. The highest BCUT2D eigenvalue weighted by atomic mass is 35.5. The molecule has 3 atom stereocenters. The second-order valence-corrected chi connectivity index (χ2v) is 11.0. The van der Waals surface area contributed by atoms with E-state index in [2.05, 4.69) is 10.6 Å². The Morgan fingerprint density at radius 1 is 1.08 bits per heavy atom. The van der Waals surface area contributed by atoms with Crippen molar-refractivity contribution >= 4 is 57.6 Å². The van der Waals surface area contributed by atoms with Gasteiger partial charge >= 0.3 is 11.6 Å². The summed E-state index contributed by atoms with van der Waals surface area (Å²) in [4.78, 5) is 41.8. The number of carbonyl (C=O) groups is 2. The summed E-state index contributed by atoms with van der Waals surface area (Å²) in [6.45, 7) is 0. The van der Waals surface area contributed by atoms with Crippen LogP contribution in [0.4, 0.5) is 11.4 Å². The summed E-state index contributed by atoms with van der Waals surface area (Å²) in [6, 6.07) is 19.5. The molecule has 1 aromatic heterocycles. The molecule has 4 aromatic rings. The van der Waals surface area contributed by atoms with E-state index in [1.54, 1.807) is 42.5 Å². The first-order valence-electron chi connectivity index (χ1n) is 11.8. The van der Waals surface area contributed by atoms with Gasteiger partial charge in [0.05, 0.1) is 23.4 Å². The van der Waals surface area contributed by atoms with E-state index >= 15 is 0 Å². The van der Waals surface area contributed by atoms with E-state index in [1.807, 2.05) is 24.3 Å². The maximum absolute atomic E-state index is 14.3. The maximum atomic E-state index is 14.3. The van der Waals surface area contributed by atoms with E-state index < -0.39 is 33.9 Å². The van der Waals surface area contributed by atoms with Crippen LogP contribution in [0.5, 0.6) is 5.75 Å². The number of methoxy groups -OCH3 is 1. The van der Waals surface area contributed by atoms with E-state index in [9.17, 15) is 14.4 Å². The number of thioether (sulfide) groups is 1. The van der Waals surface area contributed by atoms with Gasteiger partial charge in [-0.2, -0.15) is 0 Å². The molecule has 3 aromatic carbocycles. The number of halogens is 1. The molecule has 1 spiro atoms. The van der Waals surface area contributed by atoms with Gasteiger partial charge in [0, 0.05) is 15.6 Å². The molecule has 4 heterocycles. The fourth-order valence-corrected chi connectivity index (χ4v) is 7.59. The van der Waals surface area contributed by atoms with Crippen LogP contribution in [0.2, 0.25) is 5.02 Å². The Hall–Kier alpha value is -3.95. The molecule has 38 heavy (non-hydrogen) atoms. The van der Waals surface area contributed by atoms with E-state index in [4.69, 9.17) is 25.5 Å². The number of benzene rings is 3. The lowest BCUT2D eigenvalue weighted by Gasteiger charge is -2.53. The van der Waals surface area contributed by atoms with Gasteiger partial charge in [0.2, 0.25) is 11.6 Å². The van der Waals surface area contributed by atoms with Gasteiger partial charge < -0.3 is 24.5 Å². The molecular weight excluding hydrogens is 528 g/mol. The molecule has 7 rings (SSSR count). The van der Waals surface area contributed by atoms with Gasteiger partial charge in [0.15, 0.2) is 0 Å². The molecular formula is C28H19ClN2O6S. The van der Waals surface area contributed by atoms with Crippen LogP contribution in [-0.2, 0) is 19.7 Å². The molecule has 3 aliphatic rings. The summed E-state index contributed by atoms with van der Waals surface area (Å²) < 4.78 is 17.6. The van der Waals surface area contributed by atoms with Gasteiger partial charge in [-0.1, -0.05) is 35.9 Å². The Bertz CT molecular complexity index is 1760. The van der Waals surface area contributed by atoms with E-state index in [-0.39, 0.29) is 17.7 Å². The number of carbonyl (C=O) groups excluding carboxylic acids is 2. The van der Waals surface area contributed by atoms with Gasteiger partial charge in [0.1, 0.15) is 28.7 Å². The fourth-order valence-electron chi connectivity index (χ4n) is 5.85. The number of fused-ring (bicyclic) bond motifs is 9. The number of anilines is 2. The quantitative estimate of drug-likeness (QED) is 0.269. The topological polar surface area (TPSA) is 107 Å². The summed E-state index contributed by atoms with van der Waals surface area (Å²) in [5.74, 6) is -0.805. The predicted octanol–water partition coefficient (Wildman–Crippen LogP) is 4.92. The average molecular weight is 547 g/mol. The van der Waals surface area contributed by atoms with Crippen molar-refractivity contribution in [3.8, 4) is 5.75 Å². The lowest BCUT2D eigenvalue weighted by Crippen LogP contribution is -2.68. The van der Waals surface area contributed by atoms with Gasteiger partial charge in [-0.15, -0.1) is 11.8 Å². The summed E-state index contributed by atoms with van der Waals surface area (Å²) in [5, 5.41) is 6.44. The van der Waals surface area contributed by atoms with Crippen molar-refractivity contribution < 1.29 is 23.5 Å². The summed E-state index contributed by atoms with van der Waals surface area (Å²) >= 11 is 7.82. The SMILES string of the molecule is COC(=O)C[C@]12Nc3ccccc3S[C@H]1[C@]1(C(=O)Nc3ccc(Cl)cc31)c1c(c3ccccc3oc1=O)O2. The molecule has 8 nitrogen and oxygen atoms in total. The minimum Gasteiger partial charge on any atom is -0.469 e. The summed E-state index contributed by atoms with van der Waals surface area (Å²) in [6.07, 6.45) is -0.242. The number of hydrogen-bond donors (Lipinski definition) is 2. The highest BCUT2D eigenvalue weighted by molar-refractivity contribution is 8.00. The van der Waals surface area contributed by atoms with Crippen molar-refractivity contribution in [2.45, 2.75) is 27.7 Å². The molecule has 0 radical (unpaired) electrons. The molecule has 1 amide bonds. The van der Waals surface area contributed by atoms with Gasteiger partial charge in [-0.25, -0.2) is 4.79 Å². The summed E-state index contributed by atoms with van der Waals surface area (Å²) in [7, 11) is 1.30. The zero-order valence-corrected chi connectivity index (χ0v) is 21.4. The van der Waals surface area contributed by atoms with Crippen LogP contribution in [0.3, 0.4) is 0 Å². The molecule has 2 N–H and O–H groups in total. The first-order valence-corrected chi connectivity index (χ1v) is 13.1. The first-order chi connectivity index (χ1) is 18.4. The van der Waals surface area contributed by atoms with Gasteiger partial charge in [0.25, 0.3) is 0 Å². The van der Waals surface area contributed by atoms with Crippen LogP contribution < -0.4 is 21.0 Å². The Morgan fingerprint density at radius 3 is 2.71 bits per heavy atom. The number of rotatable bonds is 2. The lowest BCUT2D eigenvalue weighted by atomic mass is 9.67. The molecule has 0 unspecified atom stereocenters. The highest BCUT2D eigenvalue weighted by Crippen LogP contribution is 2.62. The van der Waals surface area contributed by atoms with Crippen LogP contribution in [0.25, 0.3) is 11.0 Å². The molecule has 0 aliphatic carbocycles. The van der Waals surface area contributed by atoms with Crippen molar-refractivity contribution in [3.63, 3.8) is 0 Å². The average Bonchev–Trinajstić information content (AvgIpc) is 3.18. The molecule has 0 bridgehead atoms. The third-order valence-electron chi connectivity index (χ3n) is 7.39. The minimum absolute atomic E-state index is 0.0638. The number of esters is 1. The Morgan fingerprint density at radius 2 is 1.87 bits per heavy atom. The van der Waals surface area contributed by atoms with Crippen molar-refractivity contribution in [1.82, 2.24) is 0 Å². The standard InChI is InChI=1S/C28H19ClN2O6S/c1-35-21(32)13-27-25(38-20-9-5-3-7-18(20)31-27)28(16-12-14(29)10-11-17(16)30-26(28)34)22-23(37-27)15-6-2-4-8-19(15)36-24(22)33/h2-12,25,31H,13H2,1H3,(H,30,34)/t25-,27-,28-/m1/s1. The number of nitrogens with one attached hydrogen (secondary N) is 2. The summed E-state index contributed by atoms with van der Waals surface area (Å²) in [5.41, 5.74) is -1.67. The van der Waals surface area contributed by atoms with Crippen molar-refractivity contribution in [2.75, 3.05) is 17.7 Å². The third-order valence-corrected chi connectivity index (χ3v) is 9.20. The number of amides is 1. The minimum atomic E-state index is -1.61. The molecule has 0 saturated heterocycles. The number of para-hydroxylation sites is 2. The Kier molecular flexibility index (Phi) is 4.90. The number of ether oxygens (including phenoxy) is 2. The van der Waals surface area contributed by atoms with Crippen molar-refractivity contribution in [1.29, 1.82) is 0 Å². The largest absolute Gasteiger partial charge is 0.469 e. The van der Waals surface area contributed by atoms with Crippen LogP contribution in [0.1, 0.15) is 17.5 Å². The Labute approximate surface area is 225 Å². The van der Waals surface area contributed by atoms with E-state index in [0.717, 1.165) is 10.6 Å². The molecule has 0 saturated carbocycles. The molecule has 0 fully saturated rings. The Balaban J connectivity index is 1.64. The van der Waals surface area contributed by atoms with E-state index in [1.165, 1.54) is 18.9 Å². The second-order valence-electron chi connectivity index (χ2n) is 9.41. The lowest BCUT2D eigenvalue weighted by molar-refractivity contribution is -0.145. The van der Waals surface area contributed by atoms with Crippen molar-refractivity contribution in [2.24, 2.45) is 0 Å². The predicted molar refractivity (Wildman–Crippen MR) is 143 cm³/mol. The van der Waals surface area contributed by atoms with E-state index in [0.29, 0.717) is 27.2 Å². The molecule has 190 valence electrons. The smallest absolute Gasteiger partial charge is 0.344 e. The molecule has 3 aliphatic heterocycles. The van der Waals surface area contributed by atoms with Crippen LogP contribution in [0.15, 0.2) is 80.8 Å². The monoisotopic (exact) mass is 546 g/mol. The normalized spacial score (nSPS) is 24.4. The first kappa shape index (κ1) is 23.2. The maximum Gasteiger partial charge on any atom is 0.344 e. The highest BCUT2D eigenvalue weighted by Gasteiger charge is 2.69. The third kappa shape index (κ3) is 2.97. The van der Waals surface area contributed by atoms with Gasteiger partial charge in [-0.05, 0) is 48.0 Å².